The van der Waals surface area contributed by atoms with Crippen molar-refractivity contribution in [2.24, 2.45) is 23.2 Å². The number of nitro groups is 1. The van der Waals surface area contributed by atoms with E-state index in [0.29, 0.717) is 5.75 Å². The van der Waals surface area contributed by atoms with Crippen LogP contribution in [-0.4, -0.2) is 23.5 Å². The summed E-state index contributed by atoms with van der Waals surface area (Å²) in [7, 11) is 0. The molecule has 0 aromatic heterocycles. The molecule has 6 nitrogen and oxygen atoms in total. The number of nitrogens with one attached hydrogen (secondary N) is 1. The summed E-state index contributed by atoms with van der Waals surface area (Å²) in [6.07, 6.45) is 7.88. The van der Waals surface area contributed by atoms with Crippen molar-refractivity contribution >= 4 is 11.6 Å². The normalized spacial score (nSPS) is 32.9. The summed E-state index contributed by atoms with van der Waals surface area (Å²) in [5.74, 6) is 2.74. The number of amides is 1. The van der Waals surface area contributed by atoms with Gasteiger partial charge in [0.2, 0.25) is 0 Å². The third kappa shape index (κ3) is 3.29. The van der Waals surface area contributed by atoms with Crippen molar-refractivity contribution in [2.75, 3.05) is 6.61 Å². The van der Waals surface area contributed by atoms with Gasteiger partial charge >= 0.3 is 0 Å². The van der Waals surface area contributed by atoms with Crippen LogP contribution in [0.1, 0.15) is 45.4 Å². The molecule has 1 N–H and O–H groups in total. The van der Waals surface area contributed by atoms with Crippen molar-refractivity contribution in [3.05, 3.63) is 34.4 Å². The summed E-state index contributed by atoms with van der Waals surface area (Å²) >= 11 is 0. The number of rotatable bonds is 6. The second-order valence-electron chi connectivity index (χ2n) is 8.61. The summed E-state index contributed by atoms with van der Waals surface area (Å²) in [4.78, 5) is 22.7. The van der Waals surface area contributed by atoms with Gasteiger partial charge in [0, 0.05) is 12.1 Å². The average molecular weight is 358 g/mol. The van der Waals surface area contributed by atoms with Gasteiger partial charge in [0.1, 0.15) is 5.75 Å². The predicted octanol–water partition coefficient (Wildman–Crippen LogP) is 3.69. The number of ether oxygens (including phenoxy) is 1. The number of carbonyl (C=O) groups is 1. The van der Waals surface area contributed by atoms with Gasteiger partial charge in [-0.3, -0.25) is 14.9 Å². The fraction of sp³-hybridized carbons (Fsp3) is 0.650. The number of benzene rings is 1. The number of nitro benzene ring substituents is 1. The molecule has 0 spiro atoms. The molecule has 6 heteroatoms. The summed E-state index contributed by atoms with van der Waals surface area (Å²) in [6, 6.07) is 6.08. The zero-order chi connectivity index (χ0) is 18.3. The maximum Gasteiger partial charge on any atom is 0.273 e. The van der Waals surface area contributed by atoms with Crippen LogP contribution >= 0.6 is 0 Å². The van der Waals surface area contributed by atoms with E-state index in [1.807, 2.05) is 0 Å². The minimum atomic E-state index is -0.470. The van der Waals surface area contributed by atoms with Gasteiger partial charge in [-0.1, -0.05) is 6.07 Å². The molecule has 26 heavy (non-hydrogen) atoms. The Morgan fingerprint density at radius 2 is 1.88 bits per heavy atom. The van der Waals surface area contributed by atoms with E-state index in [-0.39, 0.29) is 29.7 Å². The highest BCUT2D eigenvalue weighted by Gasteiger charge is 2.53. The van der Waals surface area contributed by atoms with Crippen LogP contribution < -0.4 is 10.1 Å². The maximum absolute atomic E-state index is 12.4. The second-order valence-corrected chi connectivity index (χ2v) is 8.61. The smallest absolute Gasteiger partial charge is 0.273 e. The number of carbonyl (C=O) groups excluding carboxylic acids is 1. The topological polar surface area (TPSA) is 81.5 Å². The number of nitrogens with zero attached hydrogens (tertiary/aromatic N) is 1. The van der Waals surface area contributed by atoms with E-state index in [4.69, 9.17) is 4.74 Å². The van der Waals surface area contributed by atoms with Crippen molar-refractivity contribution in [1.29, 1.82) is 0 Å². The van der Waals surface area contributed by atoms with Gasteiger partial charge in [-0.05, 0) is 74.7 Å². The highest BCUT2D eigenvalue weighted by Crippen LogP contribution is 2.61. The molecular weight excluding hydrogens is 332 g/mol. The highest BCUT2D eigenvalue weighted by atomic mass is 16.6. The van der Waals surface area contributed by atoms with Crippen LogP contribution in [0.15, 0.2) is 24.3 Å². The first-order valence-electron chi connectivity index (χ1n) is 9.60. The molecule has 1 aromatic rings. The van der Waals surface area contributed by atoms with Crippen molar-refractivity contribution in [3.63, 3.8) is 0 Å². The van der Waals surface area contributed by atoms with Crippen molar-refractivity contribution in [2.45, 2.75) is 51.5 Å². The number of non-ortho nitro benzene ring substituents is 1. The lowest BCUT2D eigenvalue weighted by Crippen LogP contribution is -2.56. The molecule has 140 valence electrons. The van der Waals surface area contributed by atoms with E-state index in [1.54, 1.807) is 12.1 Å². The van der Waals surface area contributed by atoms with Crippen molar-refractivity contribution < 1.29 is 14.5 Å². The molecular formula is C20H26N2O4. The van der Waals surface area contributed by atoms with Gasteiger partial charge in [0.15, 0.2) is 6.61 Å². The summed E-state index contributed by atoms with van der Waals surface area (Å²) in [6.45, 7) is 2.02. The SMILES string of the molecule is C[C@H](NC(=O)COc1cccc([N+](=O)[O-])c1)C12CC3CC(CC(C3)C1)C2. The maximum atomic E-state index is 12.4. The zero-order valence-electron chi connectivity index (χ0n) is 15.1. The zero-order valence-corrected chi connectivity index (χ0v) is 15.1. The minimum absolute atomic E-state index is 0.0372. The largest absolute Gasteiger partial charge is 0.484 e. The van der Waals surface area contributed by atoms with Crippen LogP contribution in [0.25, 0.3) is 0 Å². The van der Waals surface area contributed by atoms with Crippen LogP contribution in [0.4, 0.5) is 5.69 Å². The fourth-order valence-electron chi connectivity index (χ4n) is 5.98. The summed E-state index contributed by atoms with van der Waals surface area (Å²) in [5, 5.41) is 14.0. The quantitative estimate of drug-likeness (QED) is 0.621. The molecule has 4 aliphatic carbocycles. The third-order valence-corrected chi connectivity index (χ3v) is 6.78. The minimum Gasteiger partial charge on any atom is -0.484 e. The van der Waals surface area contributed by atoms with E-state index >= 15 is 0 Å². The fourth-order valence-corrected chi connectivity index (χ4v) is 5.98. The molecule has 1 amide bonds. The van der Waals surface area contributed by atoms with Crippen LogP contribution in [0.2, 0.25) is 0 Å². The molecule has 0 unspecified atom stereocenters. The Morgan fingerprint density at radius 3 is 2.46 bits per heavy atom. The lowest BCUT2D eigenvalue weighted by atomic mass is 9.48. The summed E-state index contributed by atoms with van der Waals surface area (Å²) in [5.41, 5.74) is 0.223. The lowest BCUT2D eigenvalue weighted by molar-refractivity contribution is -0.384. The van der Waals surface area contributed by atoms with Gasteiger partial charge in [0.25, 0.3) is 11.6 Å². The molecule has 5 rings (SSSR count). The van der Waals surface area contributed by atoms with Gasteiger partial charge in [-0.15, -0.1) is 0 Å². The van der Waals surface area contributed by atoms with Gasteiger partial charge in [-0.25, -0.2) is 0 Å². The predicted molar refractivity (Wildman–Crippen MR) is 96.8 cm³/mol. The van der Waals surface area contributed by atoms with E-state index in [0.717, 1.165) is 17.8 Å². The van der Waals surface area contributed by atoms with E-state index in [2.05, 4.69) is 12.2 Å². The van der Waals surface area contributed by atoms with Crippen molar-refractivity contribution in [3.8, 4) is 5.75 Å². The molecule has 4 fully saturated rings. The monoisotopic (exact) mass is 358 g/mol. The van der Waals surface area contributed by atoms with Gasteiger partial charge < -0.3 is 10.1 Å². The van der Waals surface area contributed by atoms with E-state index in [9.17, 15) is 14.9 Å². The molecule has 0 aliphatic heterocycles. The second kappa shape index (κ2) is 6.56. The molecule has 0 heterocycles. The number of hydrogen-bond acceptors (Lipinski definition) is 4. The molecule has 1 aromatic carbocycles. The van der Waals surface area contributed by atoms with Crippen molar-refractivity contribution in [1.82, 2.24) is 5.32 Å². The first-order chi connectivity index (χ1) is 12.4. The Bertz CT molecular complexity index is 682. The third-order valence-electron chi connectivity index (χ3n) is 6.78. The van der Waals surface area contributed by atoms with E-state index < -0.39 is 4.92 Å². The Labute approximate surface area is 153 Å². The molecule has 0 saturated heterocycles. The van der Waals surface area contributed by atoms with Crippen LogP contribution in [-0.2, 0) is 4.79 Å². The first-order valence-corrected chi connectivity index (χ1v) is 9.60. The van der Waals surface area contributed by atoms with Crippen LogP contribution in [0, 0.1) is 33.3 Å². The summed E-state index contributed by atoms with van der Waals surface area (Å²) < 4.78 is 5.46. The Morgan fingerprint density at radius 1 is 1.27 bits per heavy atom. The molecule has 4 bridgehead atoms. The van der Waals surface area contributed by atoms with Gasteiger partial charge in [-0.2, -0.15) is 0 Å². The number of hydrogen-bond donors (Lipinski definition) is 1. The first kappa shape index (κ1) is 17.3. The standard InChI is InChI=1S/C20H26N2O4/c1-13(20-9-14-5-15(10-20)7-16(6-14)11-20)21-19(23)12-26-18-4-2-3-17(8-18)22(24)25/h2-4,8,13-16H,5-7,9-12H2,1H3,(H,21,23)/t13-,14?,15?,16?,20?/m0/s1. The Kier molecular flexibility index (Phi) is 4.37. The Balaban J connectivity index is 1.33. The molecule has 4 saturated carbocycles. The molecule has 0 radical (unpaired) electrons. The Hall–Kier alpha value is -2.11. The average Bonchev–Trinajstić information content (AvgIpc) is 2.59. The lowest BCUT2D eigenvalue weighted by Gasteiger charge is -2.59. The van der Waals surface area contributed by atoms with E-state index in [1.165, 1.54) is 50.7 Å². The van der Waals surface area contributed by atoms with Crippen LogP contribution in [0.5, 0.6) is 5.75 Å². The molecule has 4 aliphatic rings. The molecule has 1 atom stereocenters. The van der Waals surface area contributed by atoms with Gasteiger partial charge in [0.05, 0.1) is 11.0 Å². The highest BCUT2D eigenvalue weighted by molar-refractivity contribution is 5.78. The van der Waals surface area contributed by atoms with Crippen LogP contribution in [0.3, 0.4) is 0 Å².